The lowest BCUT2D eigenvalue weighted by atomic mass is 9.88. The van der Waals surface area contributed by atoms with E-state index in [0.29, 0.717) is 6.42 Å². The lowest BCUT2D eigenvalue weighted by molar-refractivity contribution is 0.00954. The summed E-state index contributed by atoms with van der Waals surface area (Å²) in [6.07, 6.45) is 2.21. The third kappa shape index (κ3) is 2.11. The van der Waals surface area contributed by atoms with Crippen LogP contribution in [0.2, 0.25) is 0 Å². The average molecular weight is 168 g/mol. The number of rotatable bonds is 3. The van der Waals surface area contributed by atoms with Crippen molar-refractivity contribution in [1.82, 2.24) is 0 Å². The molecule has 2 heteroatoms. The zero-order valence-corrected chi connectivity index (χ0v) is 7.87. The van der Waals surface area contributed by atoms with Crippen molar-refractivity contribution in [3.8, 4) is 0 Å². The van der Waals surface area contributed by atoms with E-state index in [1.807, 2.05) is 32.9 Å². The highest BCUT2D eigenvalue weighted by Gasteiger charge is 2.26. The fraction of sp³-hybridized carbons (Fsp3) is 0.600. The van der Waals surface area contributed by atoms with Gasteiger partial charge in [-0.2, -0.15) is 0 Å². The molecule has 1 aromatic heterocycles. The van der Waals surface area contributed by atoms with Crippen LogP contribution in [0.5, 0.6) is 0 Å². The second-order valence-corrected chi connectivity index (χ2v) is 3.77. The van der Waals surface area contributed by atoms with Crippen LogP contribution in [-0.2, 0) is 6.42 Å². The van der Waals surface area contributed by atoms with E-state index in [1.54, 1.807) is 6.26 Å². The molecule has 0 spiro atoms. The van der Waals surface area contributed by atoms with E-state index in [4.69, 9.17) is 4.42 Å². The zero-order valence-electron chi connectivity index (χ0n) is 7.87. The number of furan rings is 1. The summed E-state index contributed by atoms with van der Waals surface area (Å²) in [4.78, 5) is 0. The van der Waals surface area contributed by atoms with E-state index < -0.39 is 5.60 Å². The monoisotopic (exact) mass is 168 g/mol. The molecule has 0 aliphatic rings. The zero-order chi connectivity index (χ0) is 9.19. The Morgan fingerprint density at radius 1 is 1.58 bits per heavy atom. The van der Waals surface area contributed by atoms with E-state index in [0.717, 1.165) is 5.76 Å². The summed E-state index contributed by atoms with van der Waals surface area (Å²) in [5, 5.41) is 9.90. The van der Waals surface area contributed by atoms with Gasteiger partial charge in [0.15, 0.2) is 0 Å². The van der Waals surface area contributed by atoms with Gasteiger partial charge in [-0.05, 0) is 25.0 Å². The summed E-state index contributed by atoms with van der Waals surface area (Å²) >= 11 is 0. The Hall–Kier alpha value is -0.760. The van der Waals surface area contributed by atoms with Crippen molar-refractivity contribution in [2.45, 2.75) is 32.8 Å². The van der Waals surface area contributed by atoms with Crippen LogP contribution in [0.1, 0.15) is 26.5 Å². The molecule has 0 amide bonds. The SMILES string of the molecule is CC(C)C(C)(O)Cc1ccco1. The van der Waals surface area contributed by atoms with Crippen molar-refractivity contribution in [3.63, 3.8) is 0 Å². The van der Waals surface area contributed by atoms with Gasteiger partial charge >= 0.3 is 0 Å². The molecule has 2 nitrogen and oxygen atoms in total. The van der Waals surface area contributed by atoms with Gasteiger partial charge < -0.3 is 9.52 Å². The maximum Gasteiger partial charge on any atom is 0.106 e. The van der Waals surface area contributed by atoms with Crippen LogP contribution < -0.4 is 0 Å². The van der Waals surface area contributed by atoms with Crippen molar-refractivity contribution < 1.29 is 9.52 Å². The Morgan fingerprint density at radius 3 is 2.67 bits per heavy atom. The van der Waals surface area contributed by atoms with E-state index >= 15 is 0 Å². The van der Waals surface area contributed by atoms with Gasteiger partial charge in [0, 0.05) is 6.42 Å². The summed E-state index contributed by atoms with van der Waals surface area (Å²) in [5.41, 5.74) is -0.669. The van der Waals surface area contributed by atoms with Crippen LogP contribution in [0.4, 0.5) is 0 Å². The maximum absolute atomic E-state index is 9.90. The molecule has 0 radical (unpaired) electrons. The molecule has 0 fully saturated rings. The fourth-order valence-electron chi connectivity index (χ4n) is 0.970. The van der Waals surface area contributed by atoms with E-state index in [9.17, 15) is 5.11 Å². The first-order valence-corrected chi connectivity index (χ1v) is 4.27. The fourth-order valence-corrected chi connectivity index (χ4v) is 0.970. The molecule has 1 rings (SSSR count). The first-order valence-electron chi connectivity index (χ1n) is 4.27. The minimum atomic E-state index is -0.669. The highest BCUT2D eigenvalue weighted by Crippen LogP contribution is 2.21. The Kier molecular flexibility index (Phi) is 2.58. The molecular formula is C10H16O2. The largest absolute Gasteiger partial charge is 0.469 e. The maximum atomic E-state index is 9.90. The van der Waals surface area contributed by atoms with Crippen LogP contribution in [-0.4, -0.2) is 10.7 Å². The molecule has 0 saturated carbocycles. The lowest BCUT2D eigenvalue weighted by Gasteiger charge is -2.26. The highest BCUT2D eigenvalue weighted by atomic mass is 16.3. The van der Waals surface area contributed by atoms with Crippen LogP contribution >= 0.6 is 0 Å². The average Bonchev–Trinajstić information content (AvgIpc) is 2.38. The molecule has 0 bridgehead atoms. The van der Waals surface area contributed by atoms with E-state index in [-0.39, 0.29) is 5.92 Å². The summed E-state index contributed by atoms with van der Waals surface area (Å²) in [6.45, 7) is 5.84. The summed E-state index contributed by atoms with van der Waals surface area (Å²) < 4.78 is 5.16. The van der Waals surface area contributed by atoms with Gasteiger partial charge in [0.05, 0.1) is 11.9 Å². The Bertz CT molecular complexity index is 222. The summed E-state index contributed by atoms with van der Waals surface area (Å²) in [6, 6.07) is 3.72. The van der Waals surface area contributed by atoms with Crippen molar-refractivity contribution in [2.24, 2.45) is 5.92 Å². The van der Waals surface area contributed by atoms with Crippen LogP contribution in [0, 0.1) is 5.92 Å². The van der Waals surface area contributed by atoms with E-state index in [1.165, 1.54) is 0 Å². The smallest absolute Gasteiger partial charge is 0.106 e. The second-order valence-electron chi connectivity index (χ2n) is 3.77. The molecule has 1 N–H and O–H groups in total. The predicted molar refractivity (Wildman–Crippen MR) is 47.9 cm³/mol. The standard InChI is InChI=1S/C10H16O2/c1-8(2)10(3,11)7-9-5-4-6-12-9/h4-6,8,11H,7H2,1-3H3. The minimum Gasteiger partial charge on any atom is -0.469 e. The first-order chi connectivity index (χ1) is 5.52. The Labute approximate surface area is 73.2 Å². The molecule has 1 unspecified atom stereocenters. The molecule has 0 saturated heterocycles. The molecule has 0 aliphatic heterocycles. The molecule has 0 aromatic carbocycles. The van der Waals surface area contributed by atoms with Gasteiger partial charge in [-0.25, -0.2) is 0 Å². The number of hydrogen-bond acceptors (Lipinski definition) is 2. The highest BCUT2D eigenvalue weighted by molar-refractivity contribution is 5.02. The molecule has 1 heterocycles. The van der Waals surface area contributed by atoms with Crippen molar-refractivity contribution in [1.29, 1.82) is 0 Å². The van der Waals surface area contributed by atoms with Crippen molar-refractivity contribution in [2.75, 3.05) is 0 Å². The normalized spacial score (nSPS) is 16.4. The van der Waals surface area contributed by atoms with E-state index in [2.05, 4.69) is 0 Å². The topological polar surface area (TPSA) is 33.4 Å². The quantitative estimate of drug-likeness (QED) is 0.750. The lowest BCUT2D eigenvalue weighted by Crippen LogP contribution is -2.33. The van der Waals surface area contributed by atoms with Gasteiger partial charge in [-0.3, -0.25) is 0 Å². The number of aliphatic hydroxyl groups is 1. The molecule has 0 aliphatic carbocycles. The predicted octanol–water partition coefficient (Wildman–Crippen LogP) is 2.23. The molecule has 68 valence electrons. The third-order valence-electron chi connectivity index (χ3n) is 2.36. The van der Waals surface area contributed by atoms with Crippen molar-refractivity contribution >= 4 is 0 Å². The third-order valence-corrected chi connectivity index (χ3v) is 2.36. The second kappa shape index (κ2) is 3.31. The van der Waals surface area contributed by atoms with Gasteiger partial charge in [0.25, 0.3) is 0 Å². The van der Waals surface area contributed by atoms with Crippen LogP contribution in [0.25, 0.3) is 0 Å². The minimum absolute atomic E-state index is 0.239. The Morgan fingerprint density at radius 2 is 2.25 bits per heavy atom. The van der Waals surface area contributed by atoms with Gasteiger partial charge in [0.1, 0.15) is 5.76 Å². The molecule has 1 atom stereocenters. The van der Waals surface area contributed by atoms with Crippen LogP contribution in [0.15, 0.2) is 22.8 Å². The summed E-state index contributed by atoms with van der Waals surface area (Å²) in [7, 11) is 0. The first kappa shape index (κ1) is 9.33. The van der Waals surface area contributed by atoms with Gasteiger partial charge in [-0.15, -0.1) is 0 Å². The van der Waals surface area contributed by atoms with Gasteiger partial charge in [-0.1, -0.05) is 13.8 Å². The molecule has 1 aromatic rings. The molecular weight excluding hydrogens is 152 g/mol. The number of hydrogen-bond donors (Lipinski definition) is 1. The van der Waals surface area contributed by atoms with Crippen LogP contribution in [0.3, 0.4) is 0 Å². The van der Waals surface area contributed by atoms with Gasteiger partial charge in [0.2, 0.25) is 0 Å². The Balaban J connectivity index is 2.62. The molecule has 12 heavy (non-hydrogen) atoms. The summed E-state index contributed by atoms with van der Waals surface area (Å²) in [5.74, 6) is 1.08. The van der Waals surface area contributed by atoms with Crippen molar-refractivity contribution in [3.05, 3.63) is 24.2 Å².